The molecule has 0 unspecified atom stereocenters. The summed E-state index contributed by atoms with van der Waals surface area (Å²) in [6.45, 7) is 4.64. The molecule has 1 N–H and O–H groups in total. The number of carbonyl (C=O) groups is 2. The van der Waals surface area contributed by atoms with E-state index in [1.165, 1.54) is 44.8 Å². The number of aromatic nitrogens is 1. The van der Waals surface area contributed by atoms with Gasteiger partial charge in [0.2, 0.25) is 11.8 Å². The molecule has 0 aliphatic heterocycles. The van der Waals surface area contributed by atoms with Crippen LogP contribution in [0.25, 0.3) is 0 Å². The molecule has 2 aliphatic rings. The molecule has 6 heteroatoms. The average molecular weight is 432 g/mol. The van der Waals surface area contributed by atoms with Gasteiger partial charge in [-0.25, -0.2) is 4.98 Å². The van der Waals surface area contributed by atoms with Gasteiger partial charge in [0.25, 0.3) is 5.91 Å². The van der Waals surface area contributed by atoms with Gasteiger partial charge in [-0.05, 0) is 38.5 Å². The van der Waals surface area contributed by atoms with Gasteiger partial charge in [0.05, 0.1) is 6.54 Å². The van der Waals surface area contributed by atoms with Gasteiger partial charge in [-0.3, -0.25) is 9.59 Å². The molecule has 2 saturated carbocycles. The first-order valence-corrected chi connectivity index (χ1v) is 12.7. The summed E-state index contributed by atoms with van der Waals surface area (Å²) in [7, 11) is 0. The van der Waals surface area contributed by atoms with E-state index < -0.39 is 0 Å². The van der Waals surface area contributed by atoms with Crippen LogP contribution in [-0.4, -0.2) is 33.8 Å². The van der Waals surface area contributed by atoms with Crippen LogP contribution in [0.3, 0.4) is 0 Å². The highest BCUT2D eigenvalue weighted by atomic mass is 16.3. The molecule has 3 rings (SSSR count). The maximum atomic E-state index is 13.5. The molecule has 31 heavy (non-hydrogen) atoms. The maximum absolute atomic E-state index is 13.5. The van der Waals surface area contributed by atoms with Gasteiger partial charge in [-0.2, -0.15) is 0 Å². The Balaban J connectivity index is 1.67. The number of nitrogens with one attached hydrogen (secondary N) is 1. The Hall–Kier alpha value is -1.85. The van der Waals surface area contributed by atoms with Gasteiger partial charge in [-0.15, -0.1) is 0 Å². The van der Waals surface area contributed by atoms with Crippen LogP contribution < -0.4 is 5.32 Å². The molecule has 1 aromatic rings. The van der Waals surface area contributed by atoms with Gasteiger partial charge in [-0.1, -0.05) is 65.2 Å². The first kappa shape index (κ1) is 23.8. The minimum absolute atomic E-state index is 0.0610. The zero-order valence-electron chi connectivity index (χ0n) is 19.5. The zero-order chi connectivity index (χ0) is 22.1. The third-order valence-electron chi connectivity index (χ3n) is 7.08. The van der Waals surface area contributed by atoms with Gasteiger partial charge < -0.3 is 14.6 Å². The van der Waals surface area contributed by atoms with Crippen molar-refractivity contribution in [1.82, 2.24) is 15.2 Å². The van der Waals surface area contributed by atoms with Crippen molar-refractivity contribution in [3.8, 4) is 0 Å². The van der Waals surface area contributed by atoms with E-state index in [1.807, 2.05) is 4.90 Å². The molecule has 0 radical (unpaired) electrons. The number of oxazole rings is 1. The Morgan fingerprint density at radius 2 is 1.77 bits per heavy atom. The summed E-state index contributed by atoms with van der Waals surface area (Å²) in [5.74, 6) is 0.602. The summed E-state index contributed by atoms with van der Waals surface area (Å²) >= 11 is 0. The van der Waals surface area contributed by atoms with Crippen molar-refractivity contribution in [3.05, 3.63) is 17.8 Å². The molecule has 0 spiro atoms. The van der Waals surface area contributed by atoms with Crippen LogP contribution in [0.5, 0.6) is 0 Å². The van der Waals surface area contributed by atoms with Gasteiger partial charge in [0.15, 0.2) is 5.69 Å². The van der Waals surface area contributed by atoms with Crippen molar-refractivity contribution in [2.75, 3.05) is 0 Å². The zero-order valence-corrected chi connectivity index (χ0v) is 19.5. The standard InChI is InChI=1S/C25H41N3O3/c1-3-5-12-19(4-2)25(30)28(21-15-10-7-11-16-21)17-23-27-22(18-31-23)24(29)26-20-13-8-6-9-14-20/h18-21H,3-17H2,1-2H3,(H,26,29)/t19-/m0/s1. The molecular formula is C25H41N3O3. The molecule has 0 bridgehead atoms. The predicted molar refractivity (Wildman–Crippen MR) is 122 cm³/mol. The number of hydrogen-bond donors (Lipinski definition) is 1. The third-order valence-corrected chi connectivity index (χ3v) is 7.08. The van der Waals surface area contributed by atoms with Crippen molar-refractivity contribution < 1.29 is 14.0 Å². The summed E-state index contributed by atoms with van der Waals surface area (Å²) in [5.41, 5.74) is 0.328. The summed E-state index contributed by atoms with van der Waals surface area (Å²) in [6.07, 6.45) is 16.8. The molecule has 2 amide bonds. The summed E-state index contributed by atoms with van der Waals surface area (Å²) in [6, 6.07) is 0.494. The average Bonchev–Trinajstić information content (AvgIpc) is 3.28. The number of amides is 2. The van der Waals surface area contributed by atoms with E-state index >= 15 is 0 Å². The minimum atomic E-state index is -0.160. The fraction of sp³-hybridized carbons (Fsp3) is 0.800. The lowest BCUT2D eigenvalue weighted by molar-refractivity contribution is -0.140. The molecule has 1 heterocycles. The van der Waals surface area contributed by atoms with E-state index in [1.54, 1.807) is 0 Å². The third kappa shape index (κ3) is 6.81. The van der Waals surface area contributed by atoms with Crippen LogP contribution >= 0.6 is 0 Å². The van der Waals surface area contributed by atoms with Crippen molar-refractivity contribution in [3.63, 3.8) is 0 Å². The summed E-state index contributed by atoms with van der Waals surface area (Å²) in [5, 5.41) is 3.10. The van der Waals surface area contributed by atoms with Crippen LogP contribution in [0.15, 0.2) is 10.7 Å². The molecule has 174 valence electrons. The van der Waals surface area contributed by atoms with Crippen LogP contribution in [0, 0.1) is 5.92 Å². The Kier molecular flexibility index (Phi) is 9.41. The second-order valence-electron chi connectivity index (χ2n) is 9.44. The van der Waals surface area contributed by atoms with Crippen LogP contribution in [-0.2, 0) is 11.3 Å². The highest BCUT2D eigenvalue weighted by molar-refractivity contribution is 5.92. The Morgan fingerprint density at radius 1 is 1.10 bits per heavy atom. The van der Waals surface area contributed by atoms with Crippen molar-refractivity contribution in [2.45, 2.75) is 122 Å². The van der Waals surface area contributed by atoms with Crippen molar-refractivity contribution in [2.24, 2.45) is 5.92 Å². The summed E-state index contributed by atoms with van der Waals surface area (Å²) in [4.78, 5) is 32.5. The first-order chi connectivity index (χ1) is 15.1. The Morgan fingerprint density at radius 3 is 2.42 bits per heavy atom. The Labute approximate surface area is 187 Å². The molecule has 0 saturated heterocycles. The van der Waals surface area contributed by atoms with E-state index in [-0.39, 0.29) is 29.8 Å². The lowest BCUT2D eigenvalue weighted by Crippen LogP contribution is -2.44. The van der Waals surface area contributed by atoms with Crippen molar-refractivity contribution >= 4 is 11.8 Å². The smallest absolute Gasteiger partial charge is 0.273 e. The molecule has 1 aromatic heterocycles. The van der Waals surface area contributed by atoms with Gasteiger partial charge in [0.1, 0.15) is 6.26 Å². The number of rotatable bonds is 10. The normalized spacial score (nSPS) is 19.2. The van der Waals surface area contributed by atoms with Crippen LogP contribution in [0.2, 0.25) is 0 Å². The van der Waals surface area contributed by atoms with Crippen molar-refractivity contribution in [1.29, 1.82) is 0 Å². The maximum Gasteiger partial charge on any atom is 0.273 e. The van der Waals surface area contributed by atoms with E-state index in [4.69, 9.17) is 4.42 Å². The summed E-state index contributed by atoms with van der Waals surface area (Å²) < 4.78 is 5.68. The fourth-order valence-corrected chi connectivity index (χ4v) is 5.11. The minimum Gasteiger partial charge on any atom is -0.446 e. The number of unbranched alkanes of at least 4 members (excludes halogenated alkanes) is 1. The molecule has 6 nitrogen and oxygen atoms in total. The highest BCUT2D eigenvalue weighted by Gasteiger charge is 2.31. The molecular weight excluding hydrogens is 390 g/mol. The van der Waals surface area contributed by atoms with E-state index in [2.05, 4.69) is 24.1 Å². The number of nitrogens with zero attached hydrogens (tertiary/aromatic N) is 2. The quantitative estimate of drug-likeness (QED) is 0.522. The predicted octanol–water partition coefficient (Wildman–Crippen LogP) is 5.61. The van der Waals surface area contributed by atoms with Crippen LogP contribution in [0.4, 0.5) is 0 Å². The van der Waals surface area contributed by atoms with E-state index in [0.717, 1.165) is 51.4 Å². The van der Waals surface area contributed by atoms with Gasteiger partial charge >= 0.3 is 0 Å². The fourth-order valence-electron chi connectivity index (χ4n) is 5.11. The number of hydrogen-bond acceptors (Lipinski definition) is 4. The molecule has 0 aromatic carbocycles. The van der Waals surface area contributed by atoms with Gasteiger partial charge in [0, 0.05) is 18.0 Å². The second kappa shape index (κ2) is 12.3. The highest BCUT2D eigenvalue weighted by Crippen LogP contribution is 2.27. The SMILES string of the molecule is CCCC[C@H](CC)C(=O)N(Cc1nc(C(=O)NC2CCCCC2)co1)C1CCCCC1. The monoisotopic (exact) mass is 431 g/mol. The van der Waals surface area contributed by atoms with E-state index in [0.29, 0.717) is 18.1 Å². The number of carbonyl (C=O) groups excluding carboxylic acids is 2. The lowest BCUT2D eigenvalue weighted by atomic mass is 9.91. The largest absolute Gasteiger partial charge is 0.446 e. The molecule has 1 atom stereocenters. The topological polar surface area (TPSA) is 75.4 Å². The lowest BCUT2D eigenvalue weighted by Gasteiger charge is -2.35. The van der Waals surface area contributed by atoms with Crippen LogP contribution in [0.1, 0.15) is 120 Å². The Bertz CT molecular complexity index is 690. The first-order valence-electron chi connectivity index (χ1n) is 12.7. The second-order valence-corrected chi connectivity index (χ2v) is 9.44. The molecule has 2 aliphatic carbocycles. The molecule has 2 fully saturated rings. The van der Waals surface area contributed by atoms with E-state index in [9.17, 15) is 9.59 Å².